The van der Waals surface area contributed by atoms with E-state index in [1.54, 1.807) is 40.6 Å². The molecule has 134 valence electrons. The summed E-state index contributed by atoms with van der Waals surface area (Å²) in [7, 11) is -3.49. The van der Waals surface area contributed by atoms with E-state index in [1.807, 2.05) is 6.07 Å². The lowest BCUT2D eigenvalue weighted by Crippen LogP contribution is -2.34. The minimum atomic E-state index is -3.49. The second-order valence-electron chi connectivity index (χ2n) is 6.84. The summed E-state index contributed by atoms with van der Waals surface area (Å²) in [5, 5.41) is 10.8. The van der Waals surface area contributed by atoms with Gasteiger partial charge in [0.25, 0.3) is 10.0 Å². The van der Waals surface area contributed by atoms with E-state index >= 15 is 0 Å². The van der Waals surface area contributed by atoms with E-state index in [4.69, 9.17) is 5.26 Å². The average Bonchev–Trinajstić information content (AvgIpc) is 3.36. The van der Waals surface area contributed by atoms with Gasteiger partial charge in [-0.1, -0.05) is 12.1 Å². The number of nitrogens with zero attached hydrogens (tertiary/aromatic N) is 3. The number of sulfonamides is 1. The summed E-state index contributed by atoms with van der Waals surface area (Å²) in [4.78, 5) is 14.3. The van der Waals surface area contributed by atoms with Crippen LogP contribution in [0, 0.1) is 16.7 Å². The minimum absolute atomic E-state index is 0.0181. The van der Waals surface area contributed by atoms with Gasteiger partial charge in [-0.2, -0.15) is 9.57 Å². The summed E-state index contributed by atoms with van der Waals surface area (Å²) >= 11 is 1.21. The molecule has 0 aliphatic carbocycles. The fourth-order valence-corrected chi connectivity index (χ4v) is 6.48. The van der Waals surface area contributed by atoms with Gasteiger partial charge in [0.15, 0.2) is 0 Å². The van der Waals surface area contributed by atoms with Gasteiger partial charge in [-0.25, -0.2) is 8.42 Å². The van der Waals surface area contributed by atoms with Crippen LogP contribution >= 0.6 is 11.3 Å². The Morgan fingerprint density at radius 2 is 2.04 bits per heavy atom. The second-order valence-corrected chi connectivity index (χ2v) is 9.95. The lowest BCUT2D eigenvalue weighted by atomic mass is 9.86. The molecule has 26 heavy (non-hydrogen) atoms. The molecule has 0 saturated carbocycles. The van der Waals surface area contributed by atoms with Crippen LogP contribution in [0.2, 0.25) is 0 Å². The summed E-state index contributed by atoms with van der Waals surface area (Å²) in [6.45, 7) is 1.27. The second kappa shape index (κ2) is 6.20. The van der Waals surface area contributed by atoms with E-state index in [0.29, 0.717) is 47.9 Å². The maximum atomic E-state index is 12.8. The van der Waals surface area contributed by atoms with Crippen molar-refractivity contribution < 1.29 is 13.2 Å². The largest absolute Gasteiger partial charge is 0.312 e. The van der Waals surface area contributed by atoms with Crippen LogP contribution in [0.25, 0.3) is 0 Å². The van der Waals surface area contributed by atoms with Crippen molar-refractivity contribution in [3.05, 3.63) is 47.3 Å². The molecule has 0 bridgehead atoms. The molecule has 3 heterocycles. The predicted octanol–water partition coefficient (Wildman–Crippen LogP) is 2.44. The maximum absolute atomic E-state index is 12.8. The van der Waals surface area contributed by atoms with E-state index in [9.17, 15) is 13.2 Å². The van der Waals surface area contributed by atoms with Gasteiger partial charge < -0.3 is 4.90 Å². The maximum Gasteiger partial charge on any atom is 0.252 e. The normalized spacial score (nSPS) is 23.7. The van der Waals surface area contributed by atoms with Crippen LogP contribution < -0.4 is 4.90 Å². The van der Waals surface area contributed by atoms with E-state index in [0.717, 1.165) is 0 Å². The zero-order valence-corrected chi connectivity index (χ0v) is 15.6. The van der Waals surface area contributed by atoms with Gasteiger partial charge >= 0.3 is 0 Å². The summed E-state index contributed by atoms with van der Waals surface area (Å²) in [6, 6.07) is 12.4. The molecule has 2 saturated heterocycles. The van der Waals surface area contributed by atoms with Crippen LogP contribution in [-0.2, 0) is 14.8 Å². The summed E-state index contributed by atoms with van der Waals surface area (Å²) in [5.41, 5.74) is 0.847. The van der Waals surface area contributed by atoms with Gasteiger partial charge in [0, 0.05) is 37.2 Å². The molecule has 1 atom stereocenters. The summed E-state index contributed by atoms with van der Waals surface area (Å²) in [5.74, 6) is -0.0181. The summed E-state index contributed by atoms with van der Waals surface area (Å²) < 4.78 is 27.4. The van der Waals surface area contributed by atoms with Crippen molar-refractivity contribution in [2.24, 2.45) is 5.41 Å². The SMILES string of the molecule is N#Cc1cccc(N2C[C@@]3(CCN(S(=O)(=O)c4cccs4)C3)CC2=O)c1. The first-order chi connectivity index (χ1) is 12.4. The van der Waals surface area contributed by atoms with Gasteiger partial charge in [-0.15, -0.1) is 11.3 Å². The first kappa shape index (κ1) is 17.2. The third kappa shape index (κ3) is 2.82. The monoisotopic (exact) mass is 387 g/mol. The molecule has 8 heteroatoms. The zero-order chi connectivity index (χ0) is 18.4. The fraction of sp³-hybridized carbons (Fsp3) is 0.333. The van der Waals surface area contributed by atoms with E-state index in [2.05, 4.69) is 6.07 Å². The number of rotatable bonds is 3. The lowest BCUT2D eigenvalue weighted by Gasteiger charge is -2.24. The fourth-order valence-electron chi connectivity index (χ4n) is 3.78. The van der Waals surface area contributed by atoms with E-state index < -0.39 is 10.0 Å². The van der Waals surface area contributed by atoms with Crippen molar-refractivity contribution in [1.82, 2.24) is 4.31 Å². The highest BCUT2D eigenvalue weighted by molar-refractivity contribution is 7.91. The average molecular weight is 387 g/mol. The predicted molar refractivity (Wildman–Crippen MR) is 98.3 cm³/mol. The molecule has 1 aromatic carbocycles. The number of nitriles is 1. The Bertz CT molecular complexity index is 995. The highest BCUT2D eigenvalue weighted by Gasteiger charge is 2.50. The molecule has 0 N–H and O–H groups in total. The molecule has 0 unspecified atom stereocenters. The molecule has 2 fully saturated rings. The molecule has 2 aromatic rings. The van der Waals surface area contributed by atoms with E-state index in [-0.39, 0.29) is 11.3 Å². The Kier molecular flexibility index (Phi) is 4.10. The first-order valence-corrected chi connectivity index (χ1v) is 10.6. The Balaban J connectivity index is 1.56. The van der Waals surface area contributed by atoms with Gasteiger partial charge in [0.1, 0.15) is 4.21 Å². The van der Waals surface area contributed by atoms with Gasteiger partial charge in [-0.3, -0.25) is 4.79 Å². The van der Waals surface area contributed by atoms with Crippen LogP contribution in [0.5, 0.6) is 0 Å². The number of hydrogen-bond acceptors (Lipinski definition) is 5. The van der Waals surface area contributed by atoms with Crippen molar-refractivity contribution >= 4 is 33.0 Å². The quantitative estimate of drug-likeness (QED) is 0.810. The molecule has 1 aromatic heterocycles. The number of thiophene rings is 1. The number of hydrogen-bond donors (Lipinski definition) is 0. The molecular formula is C18H17N3O3S2. The molecular weight excluding hydrogens is 370 g/mol. The standard InChI is InChI=1S/C18H17N3O3S2/c19-11-14-3-1-4-15(9-14)21-13-18(10-16(21)22)6-7-20(12-18)26(23,24)17-5-2-8-25-17/h1-5,8-9H,6-7,10,12-13H2/t18-/m0/s1. The van der Waals surface area contributed by atoms with Crippen molar-refractivity contribution in [3.63, 3.8) is 0 Å². The first-order valence-electron chi connectivity index (χ1n) is 8.28. The highest BCUT2D eigenvalue weighted by atomic mass is 32.2. The van der Waals surface area contributed by atoms with Crippen LogP contribution in [-0.4, -0.2) is 38.3 Å². The Morgan fingerprint density at radius 3 is 2.77 bits per heavy atom. The minimum Gasteiger partial charge on any atom is -0.312 e. The highest BCUT2D eigenvalue weighted by Crippen LogP contribution is 2.43. The molecule has 2 aliphatic heterocycles. The zero-order valence-electron chi connectivity index (χ0n) is 14.0. The molecule has 1 spiro atoms. The molecule has 4 rings (SSSR count). The molecule has 0 radical (unpaired) electrons. The number of carbonyl (C=O) groups is 1. The number of amides is 1. The molecule has 6 nitrogen and oxygen atoms in total. The van der Waals surface area contributed by atoms with Gasteiger partial charge in [0.05, 0.1) is 11.6 Å². The third-order valence-corrected chi connectivity index (χ3v) is 8.32. The smallest absolute Gasteiger partial charge is 0.252 e. The third-order valence-electron chi connectivity index (χ3n) is 5.10. The van der Waals surface area contributed by atoms with Crippen LogP contribution in [0.15, 0.2) is 46.0 Å². The Labute approximate surface area is 156 Å². The van der Waals surface area contributed by atoms with Crippen molar-refractivity contribution in [2.45, 2.75) is 17.1 Å². The van der Waals surface area contributed by atoms with Crippen LogP contribution in [0.3, 0.4) is 0 Å². The Morgan fingerprint density at radius 1 is 1.19 bits per heavy atom. The molecule has 2 aliphatic rings. The number of carbonyl (C=O) groups excluding carboxylic acids is 1. The Hall–Kier alpha value is -2.21. The van der Waals surface area contributed by atoms with Crippen LogP contribution in [0.4, 0.5) is 5.69 Å². The van der Waals surface area contributed by atoms with Gasteiger partial charge in [0.2, 0.25) is 5.91 Å². The summed E-state index contributed by atoms with van der Waals surface area (Å²) in [6.07, 6.45) is 0.998. The molecule has 1 amide bonds. The van der Waals surface area contributed by atoms with Crippen molar-refractivity contribution in [2.75, 3.05) is 24.5 Å². The van der Waals surface area contributed by atoms with Crippen molar-refractivity contribution in [3.8, 4) is 6.07 Å². The lowest BCUT2D eigenvalue weighted by molar-refractivity contribution is -0.117. The topological polar surface area (TPSA) is 81.5 Å². The van der Waals surface area contributed by atoms with Crippen molar-refractivity contribution in [1.29, 1.82) is 5.26 Å². The van der Waals surface area contributed by atoms with Gasteiger partial charge in [-0.05, 0) is 36.1 Å². The number of anilines is 1. The number of benzene rings is 1. The van der Waals surface area contributed by atoms with E-state index in [1.165, 1.54) is 15.6 Å². The van der Waals surface area contributed by atoms with Crippen LogP contribution in [0.1, 0.15) is 18.4 Å².